The second kappa shape index (κ2) is 3.94. The minimum atomic E-state index is 0.328. The third-order valence-electron chi connectivity index (χ3n) is 1.92. The molecule has 4 heteroatoms. The van der Waals surface area contributed by atoms with Crippen molar-refractivity contribution in [1.29, 1.82) is 0 Å². The molecule has 0 aliphatic heterocycles. The lowest BCUT2D eigenvalue weighted by atomic mass is 10.2. The van der Waals surface area contributed by atoms with Gasteiger partial charge in [-0.25, -0.2) is 0 Å². The molecule has 0 saturated heterocycles. The number of ether oxygens (including phenoxy) is 1. The second-order valence-electron chi connectivity index (χ2n) is 2.80. The van der Waals surface area contributed by atoms with Crippen LogP contribution in [-0.4, -0.2) is 11.7 Å². The summed E-state index contributed by atoms with van der Waals surface area (Å²) < 4.78 is 7.53. The van der Waals surface area contributed by atoms with Crippen LogP contribution in [0.15, 0.2) is 17.5 Å². The van der Waals surface area contributed by atoms with Crippen molar-refractivity contribution < 1.29 is 9.84 Å². The van der Waals surface area contributed by atoms with Crippen molar-refractivity contribution in [3.05, 3.63) is 21.1 Å². The van der Waals surface area contributed by atoms with Gasteiger partial charge in [0.1, 0.15) is 5.75 Å². The Morgan fingerprint density at radius 1 is 1.57 bits per heavy atom. The summed E-state index contributed by atoms with van der Waals surface area (Å²) in [6.45, 7) is 2.61. The van der Waals surface area contributed by atoms with Crippen LogP contribution in [-0.2, 0) is 0 Å². The first-order chi connectivity index (χ1) is 6.74. The fraction of sp³-hybridized carbons (Fsp3) is 0.200. The predicted molar refractivity (Wildman–Crippen MR) is 67.4 cm³/mol. The second-order valence-corrected chi connectivity index (χ2v) is 4.88. The van der Waals surface area contributed by atoms with Crippen molar-refractivity contribution in [2.75, 3.05) is 6.61 Å². The van der Waals surface area contributed by atoms with E-state index in [-0.39, 0.29) is 0 Å². The average Bonchev–Trinajstić information content (AvgIpc) is 2.60. The van der Waals surface area contributed by atoms with Crippen LogP contribution in [0.4, 0.5) is 0 Å². The van der Waals surface area contributed by atoms with Gasteiger partial charge in [0.15, 0.2) is 5.75 Å². The summed E-state index contributed by atoms with van der Waals surface area (Å²) in [5.41, 5.74) is 0. The molecular formula is C10H9IO2S. The molecule has 1 aromatic heterocycles. The Kier molecular flexibility index (Phi) is 2.83. The van der Waals surface area contributed by atoms with Crippen LogP contribution in [0.25, 0.3) is 10.1 Å². The van der Waals surface area contributed by atoms with Gasteiger partial charge in [-0.15, -0.1) is 11.3 Å². The molecule has 0 saturated carbocycles. The fourth-order valence-electron chi connectivity index (χ4n) is 1.34. The van der Waals surface area contributed by atoms with Gasteiger partial charge in [-0.05, 0) is 47.0 Å². The summed E-state index contributed by atoms with van der Waals surface area (Å²) in [6, 6.07) is 3.65. The Morgan fingerprint density at radius 3 is 3.07 bits per heavy atom. The number of benzene rings is 1. The molecule has 2 rings (SSSR count). The quantitative estimate of drug-likeness (QED) is 0.857. The fourth-order valence-corrected chi connectivity index (χ4v) is 3.16. The number of halogens is 1. The molecule has 0 atom stereocenters. The molecule has 0 unspecified atom stereocenters. The molecule has 0 fully saturated rings. The molecule has 2 aromatic rings. The zero-order valence-electron chi connectivity index (χ0n) is 7.58. The highest BCUT2D eigenvalue weighted by Crippen LogP contribution is 2.40. The first kappa shape index (κ1) is 10.0. The van der Waals surface area contributed by atoms with E-state index in [0.29, 0.717) is 12.4 Å². The van der Waals surface area contributed by atoms with E-state index in [1.165, 1.54) is 0 Å². The normalized spacial score (nSPS) is 10.7. The van der Waals surface area contributed by atoms with E-state index < -0.39 is 0 Å². The van der Waals surface area contributed by atoms with Crippen LogP contribution < -0.4 is 4.74 Å². The lowest BCUT2D eigenvalue weighted by Gasteiger charge is -2.07. The van der Waals surface area contributed by atoms with Gasteiger partial charge in [0, 0.05) is 5.39 Å². The minimum absolute atomic E-state index is 0.328. The van der Waals surface area contributed by atoms with E-state index in [1.807, 2.05) is 18.4 Å². The topological polar surface area (TPSA) is 29.5 Å². The number of phenolic OH excluding ortho intramolecular Hbond substituents is 1. The number of hydrogen-bond donors (Lipinski definition) is 1. The molecule has 2 nitrogen and oxygen atoms in total. The Hall–Kier alpha value is -0.490. The number of hydrogen-bond acceptors (Lipinski definition) is 3. The van der Waals surface area contributed by atoms with Crippen LogP contribution in [0.1, 0.15) is 6.92 Å². The summed E-state index contributed by atoms with van der Waals surface area (Å²) in [5.74, 6) is 1.21. The Bertz CT molecular complexity index is 464. The van der Waals surface area contributed by atoms with E-state index in [1.54, 1.807) is 17.4 Å². The zero-order valence-corrected chi connectivity index (χ0v) is 10.6. The first-order valence-electron chi connectivity index (χ1n) is 4.25. The summed E-state index contributed by atoms with van der Waals surface area (Å²) in [5, 5.41) is 12.5. The number of fused-ring (bicyclic) bond motifs is 1. The van der Waals surface area contributed by atoms with E-state index in [0.717, 1.165) is 19.4 Å². The van der Waals surface area contributed by atoms with Gasteiger partial charge in [-0.3, -0.25) is 0 Å². The van der Waals surface area contributed by atoms with Crippen LogP contribution in [0.5, 0.6) is 11.5 Å². The zero-order chi connectivity index (χ0) is 10.1. The summed E-state index contributed by atoms with van der Waals surface area (Å²) in [4.78, 5) is 0. The highest BCUT2D eigenvalue weighted by molar-refractivity contribution is 14.1. The minimum Gasteiger partial charge on any atom is -0.507 e. The molecule has 1 aromatic carbocycles. The molecule has 0 spiro atoms. The first-order valence-corrected chi connectivity index (χ1v) is 6.21. The molecule has 0 aliphatic carbocycles. The monoisotopic (exact) mass is 320 g/mol. The third kappa shape index (κ3) is 1.56. The molecule has 74 valence electrons. The lowest BCUT2D eigenvalue weighted by Crippen LogP contribution is -1.93. The Morgan fingerprint density at radius 2 is 2.36 bits per heavy atom. The van der Waals surface area contributed by atoms with Crippen molar-refractivity contribution in [3.63, 3.8) is 0 Å². The van der Waals surface area contributed by atoms with Gasteiger partial charge < -0.3 is 9.84 Å². The van der Waals surface area contributed by atoms with Crippen molar-refractivity contribution in [1.82, 2.24) is 0 Å². The van der Waals surface area contributed by atoms with E-state index in [4.69, 9.17) is 4.74 Å². The molecule has 0 bridgehead atoms. The largest absolute Gasteiger partial charge is 0.507 e. The van der Waals surface area contributed by atoms with E-state index in [9.17, 15) is 5.11 Å². The lowest BCUT2D eigenvalue weighted by molar-refractivity contribution is 0.342. The smallest absolute Gasteiger partial charge is 0.150 e. The SMILES string of the molecule is CCOc1c(I)cc(O)c2ccsc12. The number of aromatic hydroxyl groups is 1. The van der Waals surface area contributed by atoms with Gasteiger partial charge in [-0.2, -0.15) is 0 Å². The highest BCUT2D eigenvalue weighted by atomic mass is 127. The van der Waals surface area contributed by atoms with Gasteiger partial charge in [-0.1, -0.05) is 0 Å². The number of rotatable bonds is 2. The van der Waals surface area contributed by atoms with Gasteiger partial charge in [0.25, 0.3) is 0 Å². The Labute approximate surface area is 99.7 Å². The summed E-state index contributed by atoms with van der Waals surface area (Å²) in [6.07, 6.45) is 0. The number of thiophene rings is 1. The van der Waals surface area contributed by atoms with Gasteiger partial charge in [0.05, 0.1) is 14.9 Å². The third-order valence-corrected chi connectivity index (χ3v) is 3.63. The maximum Gasteiger partial charge on any atom is 0.150 e. The molecule has 1 N–H and O–H groups in total. The molecular weight excluding hydrogens is 311 g/mol. The summed E-state index contributed by atoms with van der Waals surface area (Å²) in [7, 11) is 0. The van der Waals surface area contributed by atoms with Crippen LogP contribution in [0, 0.1) is 3.57 Å². The molecule has 1 heterocycles. The number of phenols is 1. The maximum absolute atomic E-state index is 9.68. The van der Waals surface area contributed by atoms with Crippen molar-refractivity contribution in [2.45, 2.75) is 6.92 Å². The average molecular weight is 320 g/mol. The maximum atomic E-state index is 9.68. The van der Waals surface area contributed by atoms with Crippen LogP contribution >= 0.6 is 33.9 Å². The van der Waals surface area contributed by atoms with Gasteiger partial charge >= 0.3 is 0 Å². The van der Waals surface area contributed by atoms with Crippen LogP contribution in [0.3, 0.4) is 0 Å². The predicted octanol–water partition coefficient (Wildman–Crippen LogP) is 3.61. The molecule has 0 radical (unpaired) electrons. The van der Waals surface area contributed by atoms with Crippen molar-refractivity contribution in [3.8, 4) is 11.5 Å². The van der Waals surface area contributed by atoms with Gasteiger partial charge in [0.2, 0.25) is 0 Å². The molecule has 14 heavy (non-hydrogen) atoms. The summed E-state index contributed by atoms with van der Waals surface area (Å²) >= 11 is 3.77. The molecule has 0 amide bonds. The van der Waals surface area contributed by atoms with Crippen LogP contribution in [0.2, 0.25) is 0 Å². The molecule has 0 aliphatic rings. The van der Waals surface area contributed by atoms with Crippen molar-refractivity contribution >= 4 is 44.0 Å². The van der Waals surface area contributed by atoms with Crippen molar-refractivity contribution in [2.24, 2.45) is 0 Å². The van der Waals surface area contributed by atoms with E-state index in [2.05, 4.69) is 22.6 Å². The Balaban J connectivity index is 2.73. The van der Waals surface area contributed by atoms with E-state index >= 15 is 0 Å². The highest BCUT2D eigenvalue weighted by Gasteiger charge is 2.11. The standard InChI is InChI=1S/C10H9IO2S/c1-2-13-9-7(11)5-8(12)6-3-4-14-10(6)9/h3-5,12H,2H2,1H3.